The summed E-state index contributed by atoms with van der Waals surface area (Å²) in [5.41, 5.74) is 0.642. The fraction of sp³-hybridized carbons (Fsp3) is 0.462. The predicted molar refractivity (Wildman–Crippen MR) is 80.1 cm³/mol. The number of rotatable bonds is 4. The summed E-state index contributed by atoms with van der Waals surface area (Å²) in [6.07, 6.45) is 2.10. The Morgan fingerprint density at radius 1 is 1.56 bits per heavy atom. The van der Waals surface area contributed by atoms with Gasteiger partial charge in [0.1, 0.15) is 0 Å². The van der Waals surface area contributed by atoms with Crippen LogP contribution in [0.3, 0.4) is 0 Å². The molecule has 0 atom stereocenters. The van der Waals surface area contributed by atoms with Crippen LogP contribution in [0, 0.1) is 3.57 Å². The average molecular weight is 380 g/mol. The average Bonchev–Trinajstić information content (AvgIpc) is 2.29. The molecule has 5 heteroatoms. The Morgan fingerprint density at radius 2 is 2.28 bits per heavy atom. The molecule has 1 amide bonds. The molecule has 0 saturated heterocycles. The van der Waals surface area contributed by atoms with Gasteiger partial charge in [0, 0.05) is 21.2 Å². The van der Waals surface area contributed by atoms with E-state index in [0.717, 1.165) is 23.0 Å². The minimum atomic E-state index is -0.0538. The smallest absolute Gasteiger partial charge is 0.252 e. The lowest BCUT2D eigenvalue weighted by molar-refractivity contribution is -0.00863. The summed E-state index contributed by atoms with van der Waals surface area (Å²) in [6.45, 7) is 2.72. The number of hydrogen-bond acceptors (Lipinski definition) is 2. The number of carbonyl (C=O) groups excluding carboxylic acids is 1. The zero-order valence-corrected chi connectivity index (χ0v) is 13.0. The molecule has 1 aliphatic carbocycles. The van der Waals surface area contributed by atoms with Crippen LogP contribution in [0.5, 0.6) is 0 Å². The van der Waals surface area contributed by atoms with E-state index in [1.807, 2.05) is 13.0 Å². The summed E-state index contributed by atoms with van der Waals surface area (Å²) < 4.78 is 6.38. The Balaban J connectivity index is 1.91. The van der Waals surface area contributed by atoms with Gasteiger partial charge >= 0.3 is 0 Å². The maximum Gasteiger partial charge on any atom is 0.252 e. The Labute approximate surface area is 125 Å². The lowest BCUT2D eigenvalue weighted by Gasteiger charge is -2.35. The van der Waals surface area contributed by atoms with E-state index in [1.165, 1.54) is 0 Å². The number of amides is 1. The minimum absolute atomic E-state index is 0.0538. The fourth-order valence-electron chi connectivity index (χ4n) is 1.99. The molecular formula is C13H15ClINO2. The summed E-state index contributed by atoms with van der Waals surface area (Å²) in [5, 5.41) is 3.59. The second-order valence-electron chi connectivity index (χ2n) is 4.34. The van der Waals surface area contributed by atoms with Crippen molar-refractivity contribution in [2.24, 2.45) is 0 Å². The highest BCUT2D eigenvalue weighted by atomic mass is 127. The highest BCUT2D eigenvalue weighted by molar-refractivity contribution is 14.1. The van der Waals surface area contributed by atoms with E-state index >= 15 is 0 Å². The SMILES string of the molecule is CCOC1CC(NC(=O)c2cc(Cl)ccc2I)C1. The van der Waals surface area contributed by atoms with Crippen LogP contribution in [0.1, 0.15) is 30.1 Å². The van der Waals surface area contributed by atoms with Gasteiger partial charge in [-0.25, -0.2) is 0 Å². The van der Waals surface area contributed by atoms with Crippen molar-refractivity contribution in [1.82, 2.24) is 5.32 Å². The van der Waals surface area contributed by atoms with E-state index in [1.54, 1.807) is 12.1 Å². The van der Waals surface area contributed by atoms with Crippen LogP contribution in [0.15, 0.2) is 18.2 Å². The van der Waals surface area contributed by atoms with Crippen molar-refractivity contribution in [3.8, 4) is 0 Å². The third-order valence-corrected chi connectivity index (χ3v) is 4.18. The molecule has 3 nitrogen and oxygen atoms in total. The van der Waals surface area contributed by atoms with Crippen molar-refractivity contribution >= 4 is 40.1 Å². The molecule has 0 aromatic heterocycles. The van der Waals surface area contributed by atoms with Gasteiger partial charge in [-0.1, -0.05) is 11.6 Å². The van der Waals surface area contributed by atoms with E-state index in [9.17, 15) is 4.79 Å². The third-order valence-electron chi connectivity index (χ3n) is 3.01. The molecule has 0 aliphatic heterocycles. The van der Waals surface area contributed by atoms with E-state index in [2.05, 4.69) is 27.9 Å². The number of halogens is 2. The number of benzene rings is 1. The molecule has 0 unspecified atom stereocenters. The fourth-order valence-corrected chi connectivity index (χ4v) is 2.74. The monoisotopic (exact) mass is 379 g/mol. The van der Waals surface area contributed by atoms with Crippen LogP contribution in [-0.2, 0) is 4.74 Å². The van der Waals surface area contributed by atoms with Gasteiger partial charge in [0.25, 0.3) is 5.91 Å². The minimum Gasteiger partial charge on any atom is -0.378 e. The number of ether oxygens (including phenoxy) is 1. The van der Waals surface area contributed by atoms with Crippen molar-refractivity contribution in [1.29, 1.82) is 0 Å². The first-order chi connectivity index (χ1) is 8.60. The Morgan fingerprint density at radius 3 is 2.94 bits per heavy atom. The topological polar surface area (TPSA) is 38.3 Å². The van der Waals surface area contributed by atoms with Crippen molar-refractivity contribution in [2.75, 3.05) is 6.61 Å². The van der Waals surface area contributed by atoms with Crippen molar-refractivity contribution < 1.29 is 9.53 Å². The Kier molecular flexibility index (Phi) is 4.86. The molecule has 0 bridgehead atoms. The van der Waals surface area contributed by atoms with Gasteiger partial charge in [-0.15, -0.1) is 0 Å². The molecule has 98 valence electrons. The summed E-state index contributed by atoms with van der Waals surface area (Å²) in [6, 6.07) is 5.57. The van der Waals surface area contributed by atoms with Gasteiger partial charge in [-0.2, -0.15) is 0 Å². The second kappa shape index (κ2) is 6.21. The van der Waals surface area contributed by atoms with Gasteiger partial charge in [0.2, 0.25) is 0 Å². The molecule has 1 aromatic carbocycles. The molecule has 18 heavy (non-hydrogen) atoms. The van der Waals surface area contributed by atoms with E-state index in [4.69, 9.17) is 16.3 Å². The predicted octanol–water partition coefficient (Wildman–Crippen LogP) is 3.24. The summed E-state index contributed by atoms with van der Waals surface area (Å²) in [4.78, 5) is 12.1. The molecule has 1 saturated carbocycles. The van der Waals surface area contributed by atoms with E-state index < -0.39 is 0 Å². The summed E-state index contributed by atoms with van der Waals surface area (Å²) in [5.74, 6) is -0.0538. The molecule has 0 radical (unpaired) electrons. The molecule has 0 heterocycles. The number of carbonyl (C=O) groups is 1. The largest absolute Gasteiger partial charge is 0.378 e. The van der Waals surface area contributed by atoms with E-state index in [-0.39, 0.29) is 11.9 Å². The van der Waals surface area contributed by atoms with Crippen LogP contribution in [0.2, 0.25) is 5.02 Å². The first-order valence-corrected chi connectivity index (χ1v) is 7.43. The van der Waals surface area contributed by atoms with Gasteiger partial charge in [0.05, 0.1) is 11.7 Å². The lowest BCUT2D eigenvalue weighted by Crippen LogP contribution is -2.47. The highest BCUT2D eigenvalue weighted by Gasteiger charge is 2.31. The number of nitrogens with one attached hydrogen (secondary N) is 1. The second-order valence-corrected chi connectivity index (χ2v) is 5.94. The van der Waals surface area contributed by atoms with Gasteiger partial charge < -0.3 is 10.1 Å². The van der Waals surface area contributed by atoms with Crippen LogP contribution in [0.4, 0.5) is 0 Å². The normalized spacial score (nSPS) is 22.4. The van der Waals surface area contributed by atoms with Crippen LogP contribution in [-0.4, -0.2) is 24.7 Å². The molecule has 2 rings (SSSR count). The number of hydrogen-bond donors (Lipinski definition) is 1. The standard InChI is InChI=1S/C13H15ClINO2/c1-2-18-10-6-9(7-10)16-13(17)11-5-8(14)3-4-12(11)15/h3-5,9-10H,2,6-7H2,1H3,(H,16,17). The quantitative estimate of drug-likeness (QED) is 0.816. The molecule has 1 fully saturated rings. The zero-order valence-electron chi connectivity index (χ0n) is 10.1. The van der Waals surface area contributed by atoms with Crippen molar-refractivity contribution in [3.63, 3.8) is 0 Å². The maximum absolute atomic E-state index is 12.1. The van der Waals surface area contributed by atoms with Crippen LogP contribution in [0.25, 0.3) is 0 Å². The van der Waals surface area contributed by atoms with Crippen LogP contribution >= 0.6 is 34.2 Å². The van der Waals surface area contributed by atoms with Gasteiger partial charge in [0.15, 0.2) is 0 Å². The first-order valence-electron chi connectivity index (χ1n) is 5.97. The zero-order chi connectivity index (χ0) is 13.1. The van der Waals surface area contributed by atoms with Crippen molar-refractivity contribution in [3.05, 3.63) is 32.4 Å². The van der Waals surface area contributed by atoms with E-state index in [0.29, 0.717) is 16.7 Å². The lowest BCUT2D eigenvalue weighted by atomic mass is 9.89. The van der Waals surface area contributed by atoms with Crippen LogP contribution < -0.4 is 5.32 Å². The molecule has 1 N–H and O–H groups in total. The maximum atomic E-state index is 12.1. The molecular weight excluding hydrogens is 365 g/mol. The Bertz CT molecular complexity index is 447. The third kappa shape index (κ3) is 3.36. The van der Waals surface area contributed by atoms with Crippen molar-refractivity contribution in [2.45, 2.75) is 31.9 Å². The van der Waals surface area contributed by atoms with Gasteiger partial charge in [-0.3, -0.25) is 4.79 Å². The highest BCUT2D eigenvalue weighted by Crippen LogP contribution is 2.24. The molecule has 1 aromatic rings. The molecule has 1 aliphatic rings. The molecule has 0 spiro atoms. The first kappa shape index (κ1) is 14.1. The van der Waals surface area contributed by atoms with Gasteiger partial charge in [-0.05, 0) is 60.6 Å². The summed E-state index contributed by atoms with van der Waals surface area (Å²) in [7, 11) is 0. The summed E-state index contributed by atoms with van der Waals surface area (Å²) >= 11 is 8.05. The Hall–Kier alpha value is -0.330.